The second-order valence-electron chi connectivity index (χ2n) is 6.33. The molecule has 22 heavy (non-hydrogen) atoms. The van der Waals surface area contributed by atoms with Gasteiger partial charge in [-0.1, -0.05) is 12.1 Å². The SMILES string of the molecule is Cc1ccc(N)c2nc(-c3ccc4c(c3)CCCC4)c(C)n12. The van der Waals surface area contributed by atoms with Gasteiger partial charge in [0.15, 0.2) is 5.65 Å². The third kappa shape index (κ3) is 1.92. The molecule has 0 fully saturated rings. The summed E-state index contributed by atoms with van der Waals surface area (Å²) in [5.74, 6) is 0. The lowest BCUT2D eigenvalue weighted by Gasteiger charge is -2.16. The molecule has 1 aliphatic rings. The Kier molecular flexibility index (Phi) is 2.96. The van der Waals surface area contributed by atoms with E-state index in [9.17, 15) is 0 Å². The lowest BCUT2D eigenvalue weighted by molar-refractivity contribution is 0.686. The number of hydrogen-bond acceptors (Lipinski definition) is 2. The molecule has 3 nitrogen and oxygen atoms in total. The van der Waals surface area contributed by atoms with E-state index < -0.39 is 0 Å². The minimum atomic E-state index is 0.734. The van der Waals surface area contributed by atoms with Gasteiger partial charge in [-0.15, -0.1) is 0 Å². The standard InChI is InChI=1S/C19H21N3/c1-12-7-10-17(20)19-21-18(13(2)22(12)19)16-9-8-14-5-3-4-6-15(14)11-16/h7-11H,3-6,20H2,1-2H3. The number of rotatable bonds is 1. The fraction of sp³-hybridized carbons (Fsp3) is 0.316. The molecule has 0 saturated carbocycles. The summed E-state index contributed by atoms with van der Waals surface area (Å²) in [5, 5.41) is 0. The van der Waals surface area contributed by atoms with E-state index in [0.29, 0.717) is 0 Å². The van der Waals surface area contributed by atoms with Crippen LogP contribution in [0.25, 0.3) is 16.9 Å². The Morgan fingerprint density at radius 2 is 1.77 bits per heavy atom. The van der Waals surface area contributed by atoms with Gasteiger partial charge in [0.1, 0.15) is 0 Å². The van der Waals surface area contributed by atoms with Crippen LogP contribution in [0.15, 0.2) is 30.3 Å². The lowest BCUT2D eigenvalue weighted by Crippen LogP contribution is -2.02. The number of fused-ring (bicyclic) bond motifs is 2. The summed E-state index contributed by atoms with van der Waals surface area (Å²) >= 11 is 0. The van der Waals surface area contributed by atoms with Crippen molar-refractivity contribution >= 4 is 11.3 Å². The van der Waals surface area contributed by atoms with Crippen LogP contribution in [-0.2, 0) is 12.8 Å². The topological polar surface area (TPSA) is 43.3 Å². The third-order valence-corrected chi connectivity index (χ3v) is 4.84. The lowest BCUT2D eigenvalue weighted by atomic mass is 9.90. The highest BCUT2D eigenvalue weighted by molar-refractivity contribution is 5.74. The summed E-state index contributed by atoms with van der Waals surface area (Å²) in [7, 11) is 0. The molecule has 3 heteroatoms. The Balaban J connectivity index is 1.93. The zero-order valence-electron chi connectivity index (χ0n) is 13.2. The van der Waals surface area contributed by atoms with Gasteiger partial charge in [-0.25, -0.2) is 4.98 Å². The van der Waals surface area contributed by atoms with Gasteiger partial charge in [0.2, 0.25) is 0 Å². The highest BCUT2D eigenvalue weighted by Crippen LogP contribution is 2.31. The first-order valence-corrected chi connectivity index (χ1v) is 8.01. The van der Waals surface area contributed by atoms with E-state index in [1.165, 1.54) is 48.1 Å². The van der Waals surface area contributed by atoms with Crippen LogP contribution in [0.1, 0.15) is 35.4 Å². The van der Waals surface area contributed by atoms with Crippen LogP contribution >= 0.6 is 0 Å². The number of nitrogens with two attached hydrogens (primary N) is 1. The Morgan fingerprint density at radius 1 is 1.00 bits per heavy atom. The summed E-state index contributed by atoms with van der Waals surface area (Å²) in [4.78, 5) is 4.83. The van der Waals surface area contributed by atoms with E-state index in [4.69, 9.17) is 10.7 Å². The highest BCUT2D eigenvalue weighted by atomic mass is 15.0. The molecule has 2 heterocycles. The molecule has 4 rings (SSSR count). The van der Waals surface area contributed by atoms with Crippen LogP contribution in [0.3, 0.4) is 0 Å². The maximum Gasteiger partial charge on any atom is 0.161 e. The summed E-state index contributed by atoms with van der Waals surface area (Å²) in [5.41, 5.74) is 15.3. The molecule has 0 bridgehead atoms. The van der Waals surface area contributed by atoms with Crippen LogP contribution in [0, 0.1) is 13.8 Å². The Morgan fingerprint density at radius 3 is 2.55 bits per heavy atom. The average Bonchev–Trinajstić information content (AvgIpc) is 2.89. The van der Waals surface area contributed by atoms with Gasteiger partial charge in [0, 0.05) is 17.0 Å². The molecule has 0 unspecified atom stereocenters. The first kappa shape index (κ1) is 13.4. The number of anilines is 1. The zero-order chi connectivity index (χ0) is 15.3. The van der Waals surface area contributed by atoms with E-state index in [1.807, 2.05) is 12.1 Å². The molecule has 0 saturated heterocycles. The molecule has 0 aliphatic heterocycles. The fourth-order valence-electron chi connectivity index (χ4n) is 3.64. The van der Waals surface area contributed by atoms with Crippen molar-refractivity contribution in [1.82, 2.24) is 9.38 Å². The minimum absolute atomic E-state index is 0.734. The summed E-state index contributed by atoms with van der Waals surface area (Å²) in [6, 6.07) is 10.8. The Bertz CT molecular complexity index is 874. The predicted molar refractivity (Wildman–Crippen MR) is 91.2 cm³/mol. The molecule has 0 atom stereocenters. The number of hydrogen-bond donors (Lipinski definition) is 1. The Labute approximate surface area is 130 Å². The van der Waals surface area contributed by atoms with Gasteiger partial charge in [-0.3, -0.25) is 4.40 Å². The van der Waals surface area contributed by atoms with Gasteiger partial charge in [-0.05, 0) is 68.9 Å². The summed E-state index contributed by atoms with van der Waals surface area (Å²) in [6.07, 6.45) is 5.02. The van der Waals surface area contributed by atoms with Gasteiger partial charge < -0.3 is 5.73 Å². The molecule has 0 amide bonds. The van der Waals surface area contributed by atoms with Crippen molar-refractivity contribution < 1.29 is 0 Å². The maximum atomic E-state index is 6.11. The van der Waals surface area contributed by atoms with Crippen molar-refractivity contribution in [2.75, 3.05) is 5.73 Å². The second kappa shape index (κ2) is 4.87. The van der Waals surface area contributed by atoms with E-state index in [1.54, 1.807) is 0 Å². The van der Waals surface area contributed by atoms with E-state index >= 15 is 0 Å². The van der Waals surface area contributed by atoms with Gasteiger partial charge in [0.25, 0.3) is 0 Å². The summed E-state index contributed by atoms with van der Waals surface area (Å²) < 4.78 is 2.16. The Hall–Kier alpha value is -2.29. The first-order chi connectivity index (χ1) is 10.6. The predicted octanol–water partition coefficient (Wildman–Crippen LogP) is 4.08. The van der Waals surface area contributed by atoms with Crippen molar-refractivity contribution in [1.29, 1.82) is 0 Å². The average molecular weight is 291 g/mol. The molecule has 112 valence electrons. The number of benzene rings is 1. The normalized spacial score (nSPS) is 14.3. The minimum Gasteiger partial charge on any atom is -0.396 e. The van der Waals surface area contributed by atoms with E-state index in [0.717, 1.165) is 22.7 Å². The van der Waals surface area contributed by atoms with Crippen molar-refractivity contribution in [2.45, 2.75) is 39.5 Å². The molecular weight excluding hydrogens is 270 g/mol. The van der Waals surface area contributed by atoms with Crippen molar-refractivity contribution in [3.8, 4) is 11.3 Å². The van der Waals surface area contributed by atoms with Crippen molar-refractivity contribution in [3.63, 3.8) is 0 Å². The smallest absolute Gasteiger partial charge is 0.161 e. The quantitative estimate of drug-likeness (QED) is 0.734. The van der Waals surface area contributed by atoms with Gasteiger partial charge in [0.05, 0.1) is 11.4 Å². The van der Waals surface area contributed by atoms with Gasteiger partial charge >= 0.3 is 0 Å². The maximum absolute atomic E-state index is 6.11. The van der Waals surface area contributed by atoms with E-state index in [-0.39, 0.29) is 0 Å². The monoisotopic (exact) mass is 291 g/mol. The van der Waals surface area contributed by atoms with Crippen molar-refractivity contribution in [2.24, 2.45) is 0 Å². The molecule has 2 N–H and O–H groups in total. The number of pyridine rings is 1. The van der Waals surface area contributed by atoms with Crippen molar-refractivity contribution in [3.05, 3.63) is 52.8 Å². The number of nitrogen functional groups attached to an aromatic ring is 1. The van der Waals surface area contributed by atoms with Crippen LogP contribution in [0.2, 0.25) is 0 Å². The molecule has 1 aliphatic carbocycles. The summed E-state index contributed by atoms with van der Waals surface area (Å²) in [6.45, 7) is 4.22. The molecule has 3 aromatic rings. The van der Waals surface area contributed by atoms with Crippen LogP contribution in [0.5, 0.6) is 0 Å². The van der Waals surface area contributed by atoms with E-state index in [2.05, 4.69) is 36.4 Å². The number of imidazole rings is 1. The first-order valence-electron chi connectivity index (χ1n) is 8.01. The molecule has 0 spiro atoms. The molecule has 2 aromatic heterocycles. The fourth-order valence-corrected chi connectivity index (χ4v) is 3.64. The number of nitrogens with zero attached hydrogens (tertiary/aromatic N) is 2. The van der Waals surface area contributed by atoms with Crippen LogP contribution in [0.4, 0.5) is 5.69 Å². The van der Waals surface area contributed by atoms with Crippen LogP contribution in [-0.4, -0.2) is 9.38 Å². The second-order valence-corrected chi connectivity index (χ2v) is 6.33. The molecule has 0 radical (unpaired) electrons. The molecular formula is C19H21N3. The van der Waals surface area contributed by atoms with Gasteiger partial charge in [-0.2, -0.15) is 0 Å². The third-order valence-electron chi connectivity index (χ3n) is 4.84. The number of aryl methyl sites for hydroxylation is 4. The zero-order valence-corrected chi connectivity index (χ0v) is 13.2. The molecule has 1 aromatic carbocycles. The number of aromatic nitrogens is 2. The van der Waals surface area contributed by atoms with Crippen LogP contribution < -0.4 is 5.73 Å². The highest BCUT2D eigenvalue weighted by Gasteiger charge is 2.16. The largest absolute Gasteiger partial charge is 0.396 e.